The lowest BCUT2D eigenvalue weighted by Crippen LogP contribution is -2.51. The Balaban J connectivity index is 1.41. The van der Waals surface area contributed by atoms with E-state index in [1.165, 1.54) is 0 Å². The molecule has 2 saturated heterocycles. The molecule has 0 bridgehead atoms. The first-order valence-corrected chi connectivity index (χ1v) is 12.7. The molecular formula is C26H32N6O2S. The molecule has 0 unspecified atom stereocenters. The predicted molar refractivity (Wildman–Crippen MR) is 142 cm³/mol. The van der Waals surface area contributed by atoms with Gasteiger partial charge in [-0.2, -0.15) is 0 Å². The smallest absolute Gasteiger partial charge is 0.211 e. The summed E-state index contributed by atoms with van der Waals surface area (Å²) in [6.45, 7) is 10.4. The van der Waals surface area contributed by atoms with Gasteiger partial charge in [0.1, 0.15) is 5.75 Å². The molecule has 9 heteroatoms. The highest BCUT2D eigenvalue weighted by atomic mass is 32.2. The highest BCUT2D eigenvalue weighted by Gasteiger charge is 2.47. The van der Waals surface area contributed by atoms with Gasteiger partial charge in [0.25, 0.3) is 0 Å². The van der Waals surface area contributed by atoms with Crippen LogP contribution in [0.5, 0.6) is 5.75 Å². The number of thioether (sulfide) groups is 1. The van der Waals surface area contributed by atoms with Crippen molar-refractivity contribution in [2.24, 2.45) is 16.1 Å². The fraction of sp³-hybridized carbons (Fsp3) is 0.423. The molecule has 4 heterocycles. The summed E-state index contributed by atoms with van der Waals surface area (Å²) >= 11 is 1.62. The lowest BCUT2D eigenvalue weighted by atomic mass is 9.73. The third-order valence-corrected chi connectivity index (χ3v) is 8.57. The average molecular weight is 493 g/mol. The van der Waals surface area contributed by atoms with Crippen molar-refractivity contribution >= 4 is 40.7 Å². The molecule has 1 spiro atoms. The fourth-order valence-electron chi connectivity index (χ4n) is 5.18. The lowest BCUT2D eigenvalue weighted by Gasteiger charge is -2.41. The maximum atomic E-state index is 6.51. The summed E-state index contributed by atoms with van der Waals surface area (Å²) in [5.41, 5.74) is 9.24. The third-order valence-electron chi connectivity index (χ3n) is 7.38. The molecule has 3 aromatic rings. The number of hydrogen-bond acceptors (Lipinski definition) is 8. The van der Waals surface area contributed by atoms with Crippen LogP contribution in [-0.2, 0) is 4.74 Å². The van der Waals surface area contributed by atoms with E-state index >= 15 is 0 Å². The Labute approximate surface area is 210 Å². The number of fused-ring (bicyclic) bond motifs is 1. The zero-order chi connectivity index (χ0) is 24.6. The summed E-state index contributed by atoms with van der Waals surface area (Å²) < 4.78 is 13.4. The fourth-order valence-corrected chi connectivity index (χ4v) is 6.16. The van der Waals surface area contributed by atoms with Crippen molar-refractivity contribution in [2.45, 2.75) is 43.7 Å². The number of nitrogens with zero attached hydrogens (tertiary/aromatic N) is 5. The number of rotatable bonds is 6. The lowest BCUT2D eigenvalue weighted by molar-refractivity contribution is 0.0973. The summed E-state index contributed by atoms with van der Waals surface area (Å²) in [5, 5.41) is 0. The SMILES string of the molecule is C=Nc1ccc(OC)cc1/C(=C\C)Sc1cnc(N2CCC3(CC2)CO[C@@H](C)[C@H]3N)n2ccnc12. The molecule has 5 rings (SSSR count). The second kappa shape index (κ2) is 9.64. The molecule has 2 fully saturated rings. The zero-order valence-electron chi connectivity index (χ0n) is 20.5. The van der Waals surface area contributed by atoms with Crippen LogP contribution in [-0.4, -0.2) is 60.0 Å². The number of aromatic nitrogens is 3. The Kier molecular flexibility index (Phi) is 6.57. The molecule has 35 heavy (non-hydrogen) atoms. The van der Waals surface area contributed by atoms with Crippen LogP contribution in [0.15, 0.2) is 52.8 Å². The second-order valence-electron chi connectivity index (χ2n) is 9.23. The summed E-state index contributed by atoms with van der Waals surface area (Å²) in [7, 11) is 1.66. The number of allylic oxidation sites excluding steroid dienone is 1. The highest BCUT2D eigenvalue weighted by Crippen LogP contribution is 2.43. The standard InChI is InChI=1S/C26H32N6O2S/c1-5-21(19-14-18(33-4)6-7-20(19)28-3)35-22-15-30-25(32-13-10-29-24(22)32)31-11-8-26(9-12-31)16-34-17(2)23(26)27/h5-7,10,13-15,17,23H,3,8-9,11-12,16,27H2,1-2,4H3/b21-5+/t17-,23+/m0/s1. The van der Waals surface area contributed by atoms with E-state index in [2.05, 4.69) is 39.0 Å². The molecule has 0 aliphatic carbocycles. The minimum absolute atomic E-state index is 0.0776. The van der Waals surface area contributed by atoms with Gasteiger partial charge in [-0.15, -0.1) is 0 Å². The van der Waals surface area contributed by atoms with Crippen molar-refractivity contribution in [3.63, 3.8) is 0 Å². The quantitative estimate of drug-likeness (QED) is 0.399. The number of imidazole rings is 1. The van der Waals surface area contributed by atoms with Crippen molar-refractivity contribution in [3.8, 4) is 5.75 Å². The molecule has 2 aromatic heterocycles. The first-order chi connectivity index (χ1) is 17.0. The van der Waals surface area contributed by atoms with Crippen LogP contribution in [0.4, 0.5) is 11.6 Å². The summed E-state index contributed by atoms with van der Waals surface area (Å²) in [4.78, 5) is 18.1. The summed E-state index contributed by atoms with van der Waals surface area (Å²) in [5.74, 6) is 1.69. The Hall–Kier alpha value is -2.88. The Morgan fingerprint density at radius 2 is 2.14 bits per heavy atom. The highest BCUT2D eigenvalue weighted by molar-refractivity contribution is 8.08. The molecule has 0 amide bonds. The van der Waals surface area contributed by atoms with E-state index in [1.54, 1.807) is 18.9 Å². The van der Waals surface area contributed by atoms with Gasteiger partial charge >= 0.3 is 0 Å². The zero-order valence-corrected chi connectivity index (χ0v) is 21.3. The monoisotopic (exact) mass is 492 g/mol. The number of aliphatic imine (C=N–C) groups is 1. The number of hydrogen-bond donors (Lipinski definition) is 1. The van der Waals surface area contributed by atoms with Gasteiger partial charge in [0.2, 0.25) is 5.95 Å². The van der Waals surface area contributed by atoms with Crippen molar-refractivity contribution in [1.82, 2.24) is 14.4 Å². The first-order valence-electron chi connectivity index (χ1n) is 11.9. The molecule has 2 N–H and O–H groups in total. The number of nitrogens with two attached hydrogens (primary N) is 1. The molecule has 184 valence electrons. The van der Waals surface area contributed by atoms with Crippen molar-refractivity contribution in [1.29, 1.82) is 0 Å². The van der Waals surface area contributed by atoms with E-state index in [0.717, 1.165) is 70.9 Å². The molecule has 2 atom stereocenters. The number of benzene rings is 1. The van der Waals surface area contributed by atoms with Crippen LogP contribution in [0.1, 0.15) is 32.3 Å². The van der Waals surface area contributed by atoms with Crippen LogP contribution in [0, 0.1) is 5.41 Å². The van der Waals surface area contributed by atoms with Crippen LogP contribution in [0.2, 0.25) is 0 Å². The van der Waals surface area contributed by atoms with Gasteiger partial charge in [0.15, 0.2) is 5.65 Å². The van der Waals surface area contributed by atoms with Gasteiger partial charge in [0.05, 0.1) is 30.4 Å². The number of anilines is 1. The van der Waals surface area contributed by atoms with Crippen molar-refractivity contribution in [3.05, 3.63) is 48.4 Å². The van der Waals surface area contributed by atoms with Gasteiger partial charge in [-0.3, -0.25) is 9.39 Å². The van der Waals surface area contributed by atoms with E-state index in [1.807, 2.05) is 43.7 Å². The van der Waals surface area contributed by atoms with Gasteiger partial charge in [-0.1, -0.05) is 17.8 Å². The van der Waals surface area contributed by atoms with E-state index in [0.29, 0.717) is 0 Å². The van der Waals surface area contributed by atoms with E-state index < -0.39 is 0 Å². The normalized spacial score (nSPS) is 22.2. The predicted octanol–water partition coefficient (Wildman–Crippen LogP) is 4.56. The Bertz CT molecular complexity index is 1260. The molecule has 8 nitrogen and oxygen atoms in total. The topological polar surface area (TPSA) is 90.3 Å². The van der Waals surface area contributed by atoms with Gasteiger partial charge in [-0.25, -0.2) is 9.97 Å². The van der Waals surface area contributed by atoms with E-state index in [9.17, 15) is 0 Å². The minimum atomic E-state index is 0.0776. The number of ether oxygens (including phenoxy) is 2. The van der Waals surface area contributed by atoms with Crippen LogP contribution in [0.3, 0.4) is 0 Å². The van der Waals surface area contributed by atoms with Gasteiger partial charge < -0.3 is 20.1 Å². The summed E-state index contributed by atoms with van der Waals surface area (Å²) in [6, 6.07) is 5.89. The largest absolute Gasteiger partial charge is 0.497 e. The van der Waals surface area contributed by atoms with Crippen LogP contribution < -0.4 is 15.4 Å². The van der Waals surface area contributed by atoms with Crippen LogP contribution >= 0.6 is 11.8 Å². The molecule has 0 radical (unpaired) electrons. The molecule has 0 saturated carbocycles. The summed E-state index contributed by atoms with van der Waals surface area (Å²) in [6.07, 6.45) is 9.93. The van der Waals surface area contributed by atoms with Gasteiger partial charge in [0, 0.05) is 53.6 Å². The Morgan fingerprint density at radius 1 is 1.34 bits per heavy atom. The van der Waals surface area contributed by atoms with Crippen molar-refractivity contribution < 1.29 is 9.47 Å². The van der Waals surface area contributed by atoms with E-state index in [4.69, 9.17) is 20.2 Å². The maximum absolute atomic E-state index is 6.51. The third kappa shape index (κ3) is 4.22. The average Bonchev–Trinajstić information content (AvgIpc) is 3.49. The van der Waals surface area contributed by atoms with Crippen molar-refractivity contribution in [2.75, 3.05) is 31.7 Å². The van der Waals surface area contributed by atoms with Gasteiger partial charge in [-0.05, 0) is 51.6 Å². The van der Waals surface area contributed by atoms with E-state index in [-0.39, 0.29) is 17.6 Å². The number of methoxy groups -OCH3 is 1. The molecule has 2 aliphatic rings. The molecule has 1 aromatic carbocycles. The minimum Gasteiger partial charge on any atom is -0.497 e. The first kappa shape index (κ1) is 23.8. The number of piperidine rings is 1. The Morgan fingerprint density at radius 3 is 2.80 bits per heavy atom. The molecule has 2 aliphatic heterocycles. The van der Waals surface area contributed by atoms with Crippen LogP contribution in [0.25, 0.3) is 10.6 Å². The molecular weight excluding hydrogens is 460 g/mol. The maximum Gasteiger partial charge on any atom is 0.211 e. The second-order valence-corrected chi connectivity index (χ2v) is 10.3.